The molecule has 0 aliphatic rings. The normalized spacial score (nSPS) is 14.3. The van der Waals surface area contributed by atoms with Crippen LogP contribution in [0.15, 0.2) is 103 Å². The SMILES string of the molecule is [2H]C([2H])([2H])c1ccc(-c2ccnc(-c3[c-]cccc3)c2)cc1.[2H]C([2H])c1c[c-]c(-c2ccc(C([2H])([2H])[2H])cn2)cc1.[Ir]. The van der Waals surface area contributed by atoms with Crippen molar-refractivity contribution in [3.05, 3.63) is 132 Å². The predicted molar refractivity (Wildman–Crippen MR) is 137 cm³/mol. The molecule has 5 rings (SSSR count). The minimum atomic E-state index is -2.15. The molecule has 34 heavy (non-hydrogen) atoms. The molecular formula is C31H26IrN2-2. The van der Waals surface area contributed by atoms with Gasteiger partial charge in [-0.1, -0.05) is 54.9 Å². The molecule has 0 unspecified atom stereocenters. The van der Waals surface area contributed by atoms with Crippen molar-refractivity contribution >= 4 is 0 Å². The molecule has 3 heteroatoms. The van der Waals surface area contributed by atoms with E-state index in [2.05, 4.69) is 22.1 Å². The molecule has 0 aliphatic carbocycles. The van der Waals surface area contributed by atoms with Crippen molar-refractivity contribution in [1.82, 2.24) is 9.97 Å². The van der Waals surface area contributed by atoms with E-state index in [1.807, 2.05) is 48.5 Å². The maximum atomic E-state index is 7.41. The zero-order valence-corrected chi connectivity index (χ0v) is 20.5. The molecule has 0 amide bonds. The van der Waals surface area contributed by atoms with Crippen molar-refractivity contribution in [2.75, 3.05) is 0 Å². The van der Waals surface area contributed by atoms with Gasteiger partial charge in [-0.05, 0) is 47.8 Å². The molecule has 1 radical (unpaired) electrons. The Morgan fingerprint density at radius 2 is 1.47 bits per heavy atom. The molecule has 0 saturated heterocycles. The first-order valence-electron chi connectivity index (χ1n) is 14.4. The first kappa shape index (κ1) is 16.3. The first-order valence-corrected chi connectivity index (χ1v) is 10.3. The molecule has 0 fully saturated rings. The van der Waals surface area contributed by atoms with Gasteiger partial charge in [-0.2, -0.15) is 0 Å². The zero-order chi connectivity index (χ0) is 29.6. The molecule has 2 aromatic heterocycles. The topological polar surface area (TPSA) is 25.8 Å². The van der Waals surface area contributed by atoms with Crippen molar-refractivity contribution in [3.63, 3.8) is 0 Å². The Morgan fingerprint density at radius 1 is 0.676 bits per heavy atom. The molecule has 0 bridgehead atoms. The van der Waals surface area contributed by atoms with Gasteiger partial charge in [0.25, 0.3) is 0 Å². The standard InChI is InChI=1S/C18H14N.C13H12N.Ir/c1-14-7-9-15(10-8-14)17-11-12-19-18(13-17)16-5-3-2-4-6-16;1-10-3-6-12(7-4-10)13-8-5-11(2)9-14-13;/h2-5,7-13H,1H3;3-6,8-9H,1-2H3;/q2*-1;/i1D3;1D2,2D3;. The van der Waals surface area contributed by atoms with Crippen molar-refractivity contribution in [2.24, 2.45) is 0 Å². The largest absolute Gasteiger partial charge is 0.305 e. The quantitative estimate of drug-likeness (QED) is 0.192. The van der Waals surface area contributed by atoms with Crippen molar-refractivity contribution in [1.29, 1.82) is 0 Å². The van der Waals surface area contributed by atoms with Crippen LogP contribution in [0.5, 0.6) is 0 Å². The summed E-state index contributed by atoms with van der Waals surface area (Å²) in [4.78, 5) is 8.48. The molecule has 0 aliphatic heterocycles. The van der Waals surface area contributed by atoms with E-state index in [-0.39, 0.29) is 25.7 Å². The maximum Gasteiger partial charge on any atom is 0.0280 e. The molecule has 0 atom stereocenters. The van der Waals surface area contributed by atoms with Crippen LogP contribution >= 0.6 is 0 Å². The first-order chi connectivity index (χ1) is 19.4. The predicted octanol–water partition coefficient (Wildman–Crippen LogP) is 7.69. The number of rotatable bonds is 3. The van der Waals surface area contributed by atoms with Gasteiger partial charge in [0.1, 0.15) is 0 Å². The number of hydrogen-bond acceptors (Lipinski definition) is 2. The number of pyridine rings is 2. The van der Waals surface area contributed by atoms with Crippen LogP contribution in [-0.4, -0.2) is 9.97 Å². The number of aryl methyl sites for hydroxylation is 3. The maximum absolute atomic E-state index is 7.41. The van der Waals surface area contributed by atoms with E-state index in [4.69, 9.17) is 11.0 Å². The second-order valence-electron chi connectivity index (χ2n) is 7.25. The van der Waals surface area contributed by atoms with Gasteiger partial charge in [0.15, 0.2) is 0 Å². The molecule has 2 heterocycles. The Morgan fingerprint density at radius 3 is 2.12 bits per heavy atom. The molecule has 0 spiro atoms. The van der Waals surface area contributed by atoms with E-state index < -0.39 is 20.6 Å². The van der Waals surface area contributed by atoms with Crippen LogP contribution in [-0.2, 0) is 20.1 Å². The van der Waals surface area contributed by atoms with E-state index in [1.54, 1.807) is 42.6 Å². The summed E-state index contributed by atoms with van der Waals surface area (Å²) in [6, 6.07) is 32.8. The summed E-state index contributed by atoms with van der Waals surface area (Å²) in [5, 5.41) is 0. The van der Waals surface area contributed by atoms with Gasteiger partial charge in [0.05, 0.1) is 0 Å². The summed E-state index contributed by atoms with van der Waals surface area (Å²) in [6.07, 6.45) is 3.09. The molecule has 171 valence electrons. The van der Waals surface area contributed by atoms with E-state index in [9.17, 15) is 0 Å². The molecular weight excluding hydrogens is 593 g/mol. The third kappa shape index (κ3) is 6.81. The van der Waals surface area contributed by atoms with Gasteiger partial charge < -0.3 is 9.97 Å². The van der Waals surface area contributed by atoms with Crippen LogP contribution in [0.25, 0.3) is 33.6 Å². The van der Waals surface area contributed by atoms with E-state index >= 15 is 0 Å². The molecule has 2 nitrogen and oxygen atoms in total. The van der Waals surface area contributed by atoms with Crippen LogP contribution in [0, 0.1) is 32.7 Å². The Hall–Kier alpha value is -3.39. The number of hydrogen-bond donors (Lipinski definition) is 0. The van der Waals surface area contributed by atoms with Crippen LogP contribution in [0.3, 0.4) is 0 Å². The average Bonchev–Trinajstić information content (AvgIpc) is 2.97. The van der Waals surface area contributed by atoms with Gasteiger partial charge in [0.2, 0.25) is 0 Å². The van der Waals surface area contributed by atoms with Crippen molar-refractivity contribution in [2.45, 2.75) is 20.6 Å². The Balaban J connectivity index is 0.000000228. The van der Waals surface area contributed by atoms with Crippen molar-refractivity contribution < 1.29 is 31.1 Å². The summed E-state index contributed by atoms with van der Waals surface area (Å²) in [6.45, 7) is -5.25. The number of benzene rings is 3. The van der Waals surface area contributed by atoms with E-state index in [0.717, 1.165) is 22.4 Å². The second-order valence-corrected chi connectivity index (χ2v) is 7.25. The fraction of sp³-hybridized carbons (Fsp3) is 0.0968. The fourth-order valence-corrected chi connectivity index (χ4v) is 3.12. The van der Waals surface area contributed by atoms with Crippen molar-refractivity contribution in [3.8, 4) is 33.6 Å². The molecule has 0 N–H and O–H groups in total. The smallest absolute Gasteiger partial charge is 0.0280 e. The summed E-state index contributed by atoms with van der Waals surface area (Å²) in [5.74, 6) is 0. The number of nitrogens with zero attached hydrogens (tertiary/aromatic N) is 2. The van der Waals surface area contributed by atoms with Crippen LogP contribution in [0.1, 0.15) is 27.7 Å². The minimum absolute atomic E-state index is 0. The molecule has 3 aromatic carbocycles. The summed E-state index contributed by atoms with van der Waals surface area (Å²) in [5.41, 5.74) is 6.18. The summed E-state index contributed by atoms with van der Waals surface area (Å²) >= 11 is 0. The monoisotopic (exact) mass is 627 g/mol. The fourth-order valence-electron chi connectivity index (χ4n) is 3.12. The Labute approximate surface area is 227 Å². The van der Waals surface area contributed by atoms with Gasteiger partial charge in [0, 0.05) is 43.5 Å². The summed E-state index contributed by atoms with van der Waals surface area (Å²) < 4.78 is 58.6. The van der Waals surface area contributed by atoms with E-state index in [0.29, 0.717) is 22.4 Å². The van der Waals surface area contributed by atoms with Gasteiger partial charge in [-0.25, -0.2) is 0 Å². The third-order valence-electron chi connectivity index (χ3n) is 4.84. The van der Waals surface area contributed by atoms with Crippen LogP contribution in [0.4, 0.5) is 0 Å². The zero-order valence-electron chi connectivity index (χ0n) is 26.1. The molecule has 5 aromatic rings. The Kier molecular flexibility index (Phi) is 5.83. The molecule has 0 saturated carbocycles. The third-order valence-corrected chi connectivity index (χ3v) is 4.84. The van der Waals surface area contributed by atoms with Crippen LogP contribution in [0.2, 0.25) is 0 Å². The van der Waals surface area contributed by atoms with Gasteiger partial charge >= 0.3 is 0 Å². The minimum Gasteiger partial charge on any atom is -0.305 e. The van der Waals surface area contributed by atoms with Crippen LogP contribution < -0.4 is 0 Å². The second kappa shape index (κ2) is 12.2. The summed E-state index contributed by atoms with van der Waals surface area (Å²) in [7, 11) is 0. The van der Waals surface area contributed by atoms with Gasteiger partial charge in [-0.15, -0.1) is 71.3 Å². The Bertz CT molecular complexity index is 1550. The average molecular weight is 627 g/mol. The number of aromatic nitrogens is 2. The van der Waals surface area contributed by atoms with E-state index in [1.165, 1.54) is 12.3 Å². The van der Waals surface area contributed by atoms with Gasteiger partial charge in [-0.3, -0.25) is 0 Å².